The molecule has 19 heavy (non-hydrogen) atoms. The standard InChI is InChI=1S/C11H15ClN2O2S3/c1-14(5-6-18-2)19(15,16)10-4-3-8(11(13)17)7-9(10)12/h3-4,7H,5-6H2,1-2H3,(H2,13,17). The lowest BCUT2D eigenvalue weighted by molar-refractivity contribution is 0.488. The number of benzene rings is 1. The van der Waals surface area contributed by atoms with E-state index >= 15 is 0 Å². The van der Waals surface area contributed by atoms with E-state index in [2.05, 4.69) is 0 Å². The van der Waals surface area contributed by atoms with Gasteiger partial charge in [0.2, 0.25) is 10.0 Å². The van der Waals surface area contributed by atoms with Crippen molar-refractivity contribution in [2.75, 3.05) is 25.6 Å². The van der Waals surface area contributed by atoms with E-state index in [9.17, 15) is 8.42 Å². The van der Waals surface area contributed by atoms with E-state index in [0.717, 1.165) is 5.75 Å². The largest absolute Gasteiger partial charge is 0.389 e. The highest BCUT2D eigenvalue weighted by Crippen LogP contribution is 2.25. The first-order valence-corrected chi connectivity index (χ1v) is 8.97. The summed E-state index contributed by atoms with van der Waals surface area (Å²) < 4.78 is 25.9. The molecule has 0 bridgehead atoms. The Balaban J connectivity index is 3.12. The van der Waals surface area contributed by atoms with E-state index in [1.165, 1.54) is 23.5 Å². The molecule has 2 N–H and O–H groups in total. The first kappa shape index (κ1) is 16.7. The third kappa shape index (κ3) is 4.06. The third-order valence-electron chi connectivity index (χ3n) is 2.51. The number of nitrogens with two attached hydrogens (primary N) is 1. The number of rotatable bonds is 6. The minimum atomic E-state index is -3.58. The molecule has 8 heteroatoms. The van der Waals surface area contributed by atoms with Gasteiger partial charge in [-0.1, -0.05) is 29.9 Å². The highest BCUT2D eigenvalue weighted by Gasteiger charge is 2.23. The first-order valence-electron chi connectivity index (χ1n) is 5.35. The van der Waals surface area contributed by atoms with Crippen LogP contribution in [0.5, 0.6) is 0 Å². The van der Waals surface area contributed by atoms with Crippen LogP contribution in [0.1, 0.15) is 5.56 Å². The smallest absolute Gasteiger partial charge is 0.244 e. The van der Waals surface area contributed by atoms with Crippen LogP contribution in [-0.4, -0.2) is 43.3 Å². The summed E-state index contributed by atoms with van der Waals surface area (Å²) >= 11 is 12.4. The van der Waals surface area contributed by atoms with Crippen LogP contribution in [0.4, 0.5) is 0 Å². The van der Waals surface area contributed by atoms with Crippen LogP contribution in [0.3, 0.4) is 0 Å². The molecular formula is C11H15ClN2O2S3. The normalized spacial score (nSPS) is 11.8. The average Bonchev–Trinajstić information content (AvgIpc) is 2.35. The van der Waals surface area contributed by atoms with E-state index in [-0.39, 0.29) is 14.9 Å². The molecule has 1 aromatic carbocycles. The lowest BCUT2D eigenvalue weighted by Gasteiger charge is -2.17. The number of thioether (sulfide) groups is 1. The summed E-state index contributed by atoms with van der Waals surface area (Å²) in [4.78, 5) is 0.249. The number of sulfonamides is 1. The minimum Gasteiger partial charge on any atom is -0.389 e. The highest BCUT2D eigenvalue weighted by molar-refractivity contribution is 7.98. The Bertz CT molecular complexity index is 575. The van der Waals surface area contributed by atoms with Crippen molar-refractivity contribution >= 4 is 50.6 Å². The van der Waals surface area contributed by atoms with Crippen LogP contribution in [-0.2, 0) is 10.0 Å². The lowest BCUT2D eigenvalue weighted by Crippen LogP contribution is -2.29. The highest BCUT2D eigenvalue weighted by atomic mass is 35.5. The van der Waals surface area contributed by atoms with Crippen molar-refractivity contribution in [3.05, 3.63) is 28.8 Å². The van der Waals surface area contributed by atoms with E-state index in [1.807, 2.05) is 6.26 Å². The Morgan fingerprint density at radius 3 is 2.63 bits per heavy atom. The number of thiocarbonyl (C=S) groups is 1. The first-order chi connectivity index (χ1) is 8.80. The van der Waals surface area contributed by atoms with Gasteiger partial charge in [0.25, 0.3) is 0 Å². The van der Waals surface area contributed by atoms with Crippen molar-refractivity contribution in [3.8, 4) is 0 Å². The molecule has 0 unspecified atom stereocenters. The summed E-state index contributed by atoms with van der Waals surface area (Å²) in [5, 5.41) is 0.126. The van der Waals surface area contributed by atoms with Gasteiger partial charge in [-0.05, 0) is 18.4 Å². The fourth-order valence-electron chi connectivity index (χ4n) is 1.37. The molecule has 0 fully saturated rings. The summed E-state index contributed by atoms with van der Waals surface area (Å²) in [6.45, 7) is 0.427. The van der Waals surface area contributed by atoms with E-state index in [4.69, 9.17) is 29.6 Å². The van der Waals surface area contributed by atoms with Gasteiger partial charge in [0, 0.05) is 24.9 Å². The Labute approximate surface area is 128 Å². The second-order valence-electron chi connectivity index (χ2n) is 3.83. The molecule has 1 rings (SSSR count). The molecule has 0 aliphatic rings. The summed E-state index contributed by atoms with van der Waals surface area (Å²) in [5.74, 6) is 0.721. The van der Waals surface area contributed by atoms with Crippen molar-refractivity contribution in [3.63, 3.8) is 0 Å². The van der Waals surface area contributed by atoms with Gasteiger partial charge in [0.05, 0.1) is 5.02 Å². The van der Waals surface area contributed by atoms with E-state index in [1.54, 1.807) is 17.8 Å². The predicted molar refractivity (Wildman–Crippen MR) is 85.5 cm³/mol. The average molecular weight is 339 g/mol. The summed E-state index contributed by atoms with van der Waals surface area (Å²) in [6.07, 6.45) is 1.92. The van der Waals surface area contributed by atoms with Gasteiger partial charge in [-0.2, -0.15) is 11.8 Å². The molecule has 0 spiro atoms. The SMILES string of the molecule is CSCCN(C)S(=O)(=O)c1ccc(C(N)=S)cc1Cl. The molecule has 0 saturated carbocycles. The van der Waals surface area contributed by atoms with Gasteiger partial charge in [-0.15, -0.1) is 0 Å². The van der Waals surface area contributed by atoms with Gasteiger partial charge in [-0.25, -0.2) is 12.7 Å². The zero-order chi connectivity index (χ0) is 14.6. The lowest BCUT2D eigenvalue weighted by atomic mass is 10.2. The number of nitrogens with zero attached hydrogens (tertiary/aromatic N) is 1. The van der Waals surface area contributed by atoms with Crippen molar-refractivity contribution in [2.45, 2.75) is 4.90 Å². The monoisotopic (exact) mass is 338 g/mol. The predicted octanol–water partition coefficient (Wildman–Crippen LogP) is 1.96. The molecule has 1 aromatic rings. The van der Waals surface area contributed by atoms with Crippen LogP contribution in [0, 0.1) is 0 Å². The minimum absolute atomic E-state index is 0.0674. The van der Waals surface area contributed by atoms with Gasteiger partial charge in [-0.3, -0.25) is 0 Å². The van der Waals surface area contributed by atoms with Crippen LogP contribution >= 0.6 is 35.6 Å². The Morgan fingerprint density at radius 1 is 1.53 bits per heavy atom. The zero-order valence-electron chi connectivity index (χ0n) is 10.6. The second-order valence-corrected chi connectivity index (χ2v) is 7.67. The molecular weight excluding hydrogens is 324 g/mol. The van der Waals surface area contributed by atoms with Crippen LogP contribution in [0.25, 0.3) is 0 Å². The van der Waals surface area contributed by atoms with Gasteiger partial charge >= 0.3 is 0 Å². The quantitative estimate of drug-likeness (QED) is 0.803. The van der Waals surface area contributed by atoms with E-state index < -0.39 is 10.0 Å². The maximum Gasteiger partial charge on any atom is 0.244 e. The number of hydrogen-bond donors (Lipinski definition) is 1. The van der Waals surface area contributed by atoms with Crippen molar-refractivity contribution in [1.82, 2.24) is 4.31 Å². The Morgan fingerprint density at radius 2 is 2.16 bits per heavy atom. The molecule has 0 aliphatic heterocycles. The third-order valence-corrected chi connectivity index (χ3v) is 5.68. The van der Waals surface area contributed by atoms with Crippen molar-refractivity contribution in [1.29, 1.82) is 0 Å². The molecule has 0 radical (unpaired) electrons. The van der Waals surface area contributed by atoms with Crippen molar-refractivity contribution < 1.29 is 8.42 Å². The fraction of sp³-hybridized carbons (Fsp3) is 0.364. The molecule has 106 valence electrons. The van der Waals surface area contributed by atoms with Gasteiger partial charge < -0.3 is 5.73 Å². The topological polar surface area (TPSA) is 63.4 Å². The molecule has 0 saturated heterocycles. The summed E-state index contributed by atoms with van der Waals surface area (Å²) in [5.41, 5.74) is 6.02. The molecule has 0 heterocycles. The van der Waals surface area contributed by atoms with Crippen LogP contribution in [0.15, 0.2) is 23.1 Å². The number of hydrogen-bond acceptors (Lipinski definition) is 4. The maximum atomic E-state index is 12.3. The molecule has 4 nitrogen and oxygen atoms in total. The maximum absolute atomic E-state index is 12.3. The molecule has 0 aliphatic carbocycles. The van der Waals surface area contributed by atoms with Crippen LogP contribution in [0.2, 0.25) is 5.02 Å². The molecule has 0 aromatic heterocycles. The molecule has 0 atom stereocenters. The van der Waals surface area contributed by atoms with Crippen molar-refractivity contribution in [2.24, 2.45) is 5.73 Å². The Hall–Kier alpha value is -0.340. The van der Waals surface area contributed by atoms with Gasteiger partial charge in [0.1, 0.15) is 9.88 Å². The summed E-state index contributed by atoms with van der Waals surface area (Å²) in [7, 11) is -2.05. The van der Waals surface area contributed by atoms with Gasteiger partial charge in [0.15, 0.2) is 0 Å². The number of halogens is 1. The second kappa shape index (κ2) is 6.90. The zero-order valence-corrected chi connectivity index (χ0v) is 13.8. The van der Waals surface area contributed by atoms with E-state index in [0.29, 0.717) is 12.1 Å². The summed E-state index contributed by atoms with van der Waals surface area (Å²) in [6, 6.07) is 4.46. The molecule has 0 amide bonds. The fourth-order valence-corrected chi connectivity index (χ4v) is 3.76. The van der Waals surface area contributed by atoms with Crippen LogP contribution < -0.4 is 5.73 Å². The Kier molecular flexibility index (Phi) is 6.07.